The monoisotopic (exact) mass is 471 g/mol. The molecule has 0 aliphatic rings. The van der Waals surface area contributed by atoms with E-state index in [0.717, 1.165) is 36.8 Å². The number of carbonyl (C=O) groups is 2. The number of esters is 1. The van der Waals surface area contributed by atoms with Gasteiger partial charge in [0.05, 0.1) is 18.8 Å². The van der Waals surface area contributed by atoms with Crippen LogP contribution in [0.1, 0.15) is 66.9 Å². The minimum absolute atomic E-state index is 0.218. The highest BCUT2D eigenvalue weighted by molar-refractivity contribution is 7.99. The first-order valence-electron chi connectivity index (χ1n) is 11.8. The van der Waals surface area contributed by atoms with Crippen molar-refractivity contribution in [3.8, 4) is 0 Å². The van der Waals surface area contributed by atoms with Gasteiger partial charge in [-0.25, -0.2) is 0 Å². The maximum absolute atomic E-state index is 11.7. The van der Waals surface area contributed by atoms with Gasteiger partial charge in [0, 0.05) is 5.75 Å². The molecular formula is C27H37NO4S. The standard InChI is InChI=1S/C27H37NO4S/c1-32-24(29)19-20-33-26(25(30)27(28)31)23-18-12-11-17-22(23)16-10-5-3-2-4-7-13-21-14-8-6-9-15-21/h6,8-9,11-12,14-15,17-18,25-26,30H,2-5,7,10,13,16,19-20H2,1H3,(H2,28,31)/t25-,26-/m1/s1. The lowest BCUT2D eigenvalue weighted by Crippen LogP contribution is -2.33. The third kappa shape index (κ3) is 10.0. The fourth-order valence-corrected chi connectivity index (χ4v) is 5.17. The highest BCUT2D eigenvalue weighted by atomic mass is 32.2. The Morgan fingerprint density at radius 1 is 0.909 bits per heavy atom. The third-order valence-corrected chi connectivity index (χ3v) is 7.09. The van der Waals surface area contributed by atoms with Gasteiger partial charge >= 0.3 is 5.97 Å². The Labute approximate surface area is 202 Å². The summed E-state index contributed by atoms with van der Waals surface area (Å²) in [7, 11) is 1.35. The number of aryl methyl sites for hydroxylation is 2. The van der Waals surface area contributed by atoms with E-state index >= 15 is 0 Å². The summed E-state index contributed by atoms with van der Waals surface area (Å²) in [6.07, 6.45) is 8.07. The summed E-state index contributed by atoms with van der Waals surface area (Å²) >= 11 is 1.37. The van der Waals surface area contributed by atoms with Gasteiger partial charge in [-0.05, 0) is 42.4 Å². The molecule has 1 amide bonds. The van der Waals surface area contributed by atoms with E-state index in [-0.39, 0.29) is 12.4 Å². The number of ether oxygens (including phenoxy) is 1. The molecule has 2 aromatic rings. The number of amides is 1. The summed E-state index contributed by atoms with van der Waals surface area (Å²) < 4.78 is 4.69. The summed E-state index contributed by atoms with van der Waals surface area (Å²) in [4.78, 5) is 23.2. The first kappa shape index (κ1) is 26.9. The van der Waals surface area contributed by atoms with Gasteiger partial charge in [-0.3, -0.25) is 9.59 Å². The zero-order valence-electron chi connectivity index (χ0n) is 19.6. The molecule has 2 atom stereocenters. The average Bonchev–Trinajstić information content (AvgIpc) is 2.84. The average molecular weight is 472 g/mol. The van der Waals surface area contributed by atoms with Gasteiger partial charge < -0.3 is 15.6 Å². The van der Waals surface area contributed by atoms with Gasteiger partial charge in [0.2, 0.25) is 5.91 Å². The molecule has 180 valence electrons. The first-order valence-corrected chi connectivity index (χ1v) is 12.9. The fraction of sp³-hybridized carbons (Fsp3) is 0.481. The number of thioether (sulfide) groups is 1. The number of hydrogen-bond donors (Lipinski definition) is 2. The van der Waals surface area contributed by atoms with Crippen molar-refractivity contribution in [1.82, 2.24) is 0 Å². The Hall–Kier alpha value is -2.31. The minimum Gasteiger partial charge on any atom is -0.469 e. The van der Waals surface area contributed by atoms with Gasteiger partial charge in [0.1, 0.15) is 6.10 Å². The molecule has 3 N–H and O–H groups in total. The molecule has 0 saturated carbocycles. The number of aliphatic hydroxyl groups excluding tert-OH is 1. The lowest BCUT2D eigenvalue weighted by atomic mass is 9.96. The van der Waals surface area contributed by atoms with Gasteiger partial charge in [0.25, 0.3) is 0 Å². The van der Waals surface area contributed by atoms with Crippen molar-refractivity contribution in [2.45, 2.75) is 69.1 Å². The second-order valence-electron chi connectivity index (χ2n) is 8.27. The van der Waals surface area contributed by atoms with E-state index in [1.54, 1.807) is 0 Å². The van der Waals surface area contributed by atoms with E-state index in [1.807, 2.05) is 18.2 Å². The number of primary amides is 1. The lowest BCUT2D eigenvalue weighted by molar-refractivity contribution is -0.140. The van der Waals surface area contributed by atoms with Gasteiger partial charge in [-0.2, -0.15) is 0 Å². The predicted molar refractivity (Wildman–Crippen MR) is 135 cm³/mol. The molecule has 5 nitrogen and oxygen atoms in total. The van der Waals surface area contributed by atoms with E-state index in [2.05, 4.69) is 41.1 Å². The van der Waals surface area contributed by atoms with Crippen molar-refractivity contribution in [3.05, 3.63) is 71.3 Å². The molecule has 0 aliphatic carbocycles. The molecule has 0 unspecified atom stereocenters. The SMILES string of the molecule is COC(=O)CCS[C@H](c1ccccc1CCCCCCCCc1ccccc1)[C@@H](O)C(N)=O. The summed E-state index contributed by atoms with van der Waals surface area (Å²) in [5.74, 6) is -0.623. The predicted octanol–water partition coefficient (Wildman–Crippen LogP) is 5.00. The summed E-state index contributed by atoms with van der Waals surface area (Å²) in [6, 6.07) is 18.5. The number of methoxy groups -OCH3 is 1. The molecule has 0 aromatic heterocycles. The van der Waals surface area contributed by atoms with Crippen LogP contribution in [0.2, 0.25) is 0 Å². The molecule has 0 aliphatic heterocycles. The van der Waals surface area contributed by atoms with Crippen LogP contribution in [-0.2, 0) is 27.2 Å². The Bertz CT molecular complexity index is 843. The first-order chi connectivity index (χ1) is 16.0. The molecule has 0 spiro atoms. The van der Waals surface area contributed by atoms with Gasteiger partial charge in [-0.15, -0.1) is 11.8 Å². The molecule has 0 fully saturated rings. The number of hydrogen-bond acceptors (Lipinski definition) is 5. The van der Waals surface area contributed by atoms with Crippen LogP contribution < -0.4 is 5.73 Å². The maximum Gasteiger partial charge on any atom is 0.306 e. The quantitative estimate of drug-likeness (QED) is 0.266. The number of aliphatic hydroxyl groups is 1. The highest BCUT2D eigenvalue weighted by Crippen LogP contribution is 2.35. The largest absolute Gasteiger partial charge is 0.469 e. The van der Waals surface area contributed by atoms with Crippen LogP contribution in [0.25, 0.3) is 0 Å². The molecule has 0 radical (unpaired) electrons. The molecule has 33 heavy (non-hydrogen) atoms. The van der Waals surface area contributed by atoms with E-state index in [0.29, 0.717) is 5.75 Å². The summed E-state index contributed by atoms with van der Waals surface area (Å²) in [6.45, 7) is 0. The van der Waals surface area contributed by atoms with Crippen LogP contribution in [-0.4, -0.2) is 35.9 Å². The molecule has 0 bridgehead atoms. The van der Waals surface area contributed by atoms with Crippen molar-refractivity contribution >= 4 is 23.6 Å². The van der Waals surface area contributed by atoms with Crippen LogP contribution >= 0.6 is 11.8 Å². The zero-order chi connectivity index (χ0) is 23.9. The highest BCUT2D eigenvalue weighted by Gasteiger charge is 2.28. The van der Waals surface area contributed by atoms with Crippen LogP contribution in [0.3, 0.4) is 0 Å². The topological polar surface area (TPSA) is 89.6 Å². The fourth-order valence-electron chi connectivity index (χ4n) is 3.91. The van der Waals surface area contributed by atoms with E-state index in [1.165, 1.54) is 50.1 Å². The molecule has 2 aromatic carbocycles. The number of unbranched alkanes of at least 4 members (excludes halogenated alkanes) is 5. The Kier molecular flexibility index (Phi) is 12.7. The number of rotatable bonds is 16. The van der Waals surface area contributed by atoms with E-state index < -0.39 is 17.3 Å². The smallest absolute Gasteiger partial charge is 0.306 e. The Balaban J connectivity index is 1.81. The molecule has 2 rings (SSSR count). The lowest BCUT2D eigenvalue weighted by Gasteiger charge is -2.23. The van der Waals surface area contributed by atoms with Crippen LogP contribution in [0.4, 0.5) is 0 Å². The Morgan fingerprint density at radius 3 is 2.18 bits per heavy atom. The van der Waals surface area contributed by atoms with Crippen LogP contribution in [0, 0.1) is 0 Å². The van der Waals surface area contributed by atoms with Crippen molar-refractivity contribution in [3.63, 3.8) is 0 Å². The normalized spacial score (nSPS) is 12.8. The van der Waals surface area contributed by atoms with Crippen molar-refractivity contribution in [1.29, 1.82) is 0 Å². The van der Waals surface area contributed by atoms with Crippen LogP contribution in [0.15, 0.2) is 54.6 Å². The van der Waals surface area contributed by atoms with Crippen molar-refractivity contribution < 1.29 is 19.4 Å². The van der Waals surface area contributed by atoms with Crippen molar-refractivity contribution in [2.24, 2.45) is 5.73 Å². The molecule has 0 heterocycles. The second-order valence-corrected chi connectivity index (χ2v) is 9.52. The van der Waals surface area contributed by atoms with Crippen LogP contribution in [0.5, 0.6) is 0 Å². The Morgan fingerprint density at radius 2 is 1.52 bits per heavy atom. The molecular weight excluding hydrogens is 434 g/mol. The van der Waals surface area contributed by atoms with Gasteiger partial charge in [0.15, 0.2) is 0 Å². The number of carbonyl (C=O) groups excluding carboxylic acids is 2. The second kappa shape index (κ2) is 15.5. The maximum atomic E-state index is 11.7. The van der Waals surface area contributed by atoms with E-state index in [4.69, 9.17) is 5.73 Å². The third-order valence-electron chi connectivity index (χ3n) is 5.78. The van der Waals surface area contributed by atoms with Gasteiger partial charge in [-0.1, -0.05) is 80.3 Å². The number of nitrogens with two attached hydrogens (primary N) is 1. The zero-order valence-corrected chi connectivity index (χ0v) is 20.4. The molecule has 6 heteroatoms. The summed E-state index contributed by atoms with van der Waals surface area (Å²) in [5, 5.41) is 9.95. The molecule has 0 saturated heterocycles. The minimum atomic E-state index is -1.31. The summed E-state index contributed by atoms with van der Waals surface area (Å²) in [5.41, 5.74) is 8.85. The van der Waals surface area contributed by atoms with E-state index in [9.17, 15) is 14.7 Å². The number of benzene rings is 2. The van der Waals surface area contributed by atoms with Crippen molar-refractivity contribution in [2.75, 3.05) is 12.9 Å².